The number of hydrogen-bond acceptors (Lipinski definition) is 4. The van der Waals surface area contributed by atoms with Crippen molar-refractivity contribution in [3.63, 3.8) is 0 Å². The fraction of sp³-hybridized carbons (Fsp3) is 0.333. The molecule has 0 saturated carbocycles. The quantitative estimate of drug-likeness (QED) is 0.417. The van der Waals surface area contributed by atoms with Crippen LogP contribution in [0.1, 0.15) is 0 Å². The summed E-state index contributed by atoms with van der Waals surface area (Å²) in [5.74, 6) is -1.22. The van der Waals surface area contributed by atoms with E-state index in [2.05, 4.69) is 13.2 Å². The average Bonchev–Trinajstić information content (AvgIpc) is 1.84. The lowest BCUT2D eigenvalue weighted by atomic mass is 10.1. The van der Waals surface area contributed by atoms with Gasteiger partial charge in [-0.25, -0.2) is 0 Å². The summed E-state index contributed by atoms with van der Waals surface area (Å²) >= 11 is 0. The van der Waals surface area contributed by atoms with E-state index in [1.165, 1.54) is 0 Å². The average molecular weight is 146 g/mol. The van der Waals surface area contributed by atoms with Gasteiger partial charge in [-0.1, -0.05) is 13.2 Å². The second-order valence-electron chi connectivity index (χ2n) is 1.87. The molecule has 0 rings (SSSR count). The lowest BCUT2D eigenvalue weighted by Gasteiger charge is -2.14. The summed E-state index contributed by atoms with van der Waals surface area (Å²) in [4.78, 5) is 0. The molecule has 0 aromatic rings. The zero-order valence-electron chi connectivity index (χ0n) is 5.36. The fourth-order valence-corrected chi connectivity index (χ4v) is 0.364. The molecule has 4 N–H and O–H groups in total. The van der Waals surface area contributed by atoms with Crippen LogP contribution in [0.3, 0.4) is 0 Å². The standard InChI is InChI=1S/C6H10O4/c1-3(7)5(9)6(10)4(2)8/h5-10H,1-2H2. The molecule has 0 aliphatic heterocycles. The van der Waals surface area contributed by atoms with Crippen molar-refractivity contribution in [1.82, 2.24) is 0 Å². The highest BCUT2D eigenvalue weighted by molar-refractivity contribution is 5.03. The summed E-state index contributed by atoms with van der Waals surface area (Å²) in [5, 5.41) is 34.5. The Bertz CT molecular complexity index is 134. The normalized spacial score (nSPS) is 15.8. The van der Waals surface area contributed by atoms with Crippen LogP contribution in [0.4, 0.5) is 0 Å². The Labute approximate surface area is 58.4 Å². The van der Waals surface area contributed by atoms with Crippen LogP contribution >= 0.6 is 0 Å². The van der Waals surface area contributed by atoms with Crippen molar-refractivity contribution in [2.75, 3.05) is 0 Å². The zero-order chi connectivity index (χ0) is 8.31. The van der Waals surface area contributed by atoms with Crippen LogP contribution in [0.25, 0.3) is 0 Å². The van der Waals surface area contributed by atoms with Crippen molar-refractivity contribution in [2.24, 2.45) is 0 Å². The van der Waals surface area contributed by atoms with Gasteiger partial charge >= 0.3 is 0 Å². The van der Waals surface area contributed by atoms with Gasteiger partial charge in [0.1, 0.15) is 23.7 Å². The molecule has 0 aliphatic carbocycles. The Hall–Kier alpha value is -1.00. The second kappa shape index (κ2) is 3.24. The third kappa shape index (κ3) is 2.08. The Balaban J connectivity index is 4.07. The first-order valence-corrected chi connectivity index (χ1v) is 2.58. The molecule has 2 unspecified atom stereocenters. The van der Waals surface area contributed by atoms with Crippen LogP contribution in [0, 0.1) is 0 Å². The van der Waals surface area contributed by atoms with Crippen LogP contribution in [0.5, 0.6) is 0 Å². The van der Waals surface area contributed by atoms with E-state index in [0.29, 0.717) is 0 Å². The van der Waals surface area contributed by atoms with E-state index in [1.807, 2.05) is 0 Å². The minimum atomic E-state index is -1.57. The molecule has 0 heterocycles. The predicted molar refractivity (Wildman–Crippen MR) is 35.6 cm³/mol. The molecule has 0 bridgehead atoms. The minimum Gasteiger partial charge on any atom is -0.510 e. The van der Waals surface area contributed by atoms with Crippen molar-refractivity contribution in [1.29, 1.82) is 0 Å². The van der Waals surface area contributed by atoms with E-state index < -0.39 is 23.7 Å². The van der Waals surface area contributed by atoms with Crippen LogP contribution in [0.15, 0.2) is 24.7 Å². The van der Waals surface area contributed by atoms with Crippen LogP contribution < -0.4 is 0 Å². The van der Waals surface area contributed by atoms with Gasteiger partial charge in [0.05, 0.1) is 0 Å². The fourth-order valence-electron chi connectivity index (χ4n) is 0.364. The van der Waals surface area contributed by atoms with Gasteiger partial charge in [0.25, 0.3) is 0 Å². The highest BCUT2D eigenvalue weighted by atomic mass is 16.4. The number of aliphatic hydroxyl groups is 4. The lowest BCUT2D eigenvalue weighted by molar-refractivity contribution is 0.0181. The molecule has 2 atom stereocenters. The summed E-state index contributed by atoms with van der Waals surface area (Å²) in [5.41, 5.74) is 0. The Morgan fingerprint density at radius 1 is 0.900 bits per heavy atom. The Morgan fingerprint density at radius 2 is 1.10 bits per heavy atom. The first-order valence-electron chi connectivity index (χ1n) is 2.58. The zero-order valence-corrected chi connectivity index (χ0v) is 5.36. The molecule has 0 amide bonds. The van der Waals surface area contributed by atoms with E-state index in [0.717, 1.165) is 0 Å². The van der Waals surface area contributed by atoms with Gasteiger partial charge in [-0.3, -0.25) is 0 Å². The number of aliphatic hydroxyl groups excluding tert-OH is 4. The van der Waals surface area contributed by atoms with E-state index in [-0.39, 0.29) is 0 Å². The van der Waals surface area contributed by atoms with Gasteiger partial charge in [-0.15, -0.1) is 0 Å². The molecule has 58 valence electrons. The first kappa shape index (κ1) is 9.00. The SMILES string of the molecule is C=C(O)C(O)C(O)C(=C)O. The van der Waals surface area contributed by atoms with Crippen LogP contribution in [0.2, 0.25) is 0 Å². The van der Waals surface area contributed by atoms with E-state index in [4.69, 9.17) is 20.4 Å². The van der Waals surface area contributed by atoms with Gasteiger partial charge in [0.2, 0.25) is 0 Å². The van der Waals surface area contributed by atoms with Gasteiger partial charge in [-0.2, -0.15) is 0 Å². The van der Waals surface area contributed by atoms with E-state index in [9.17, 15) is 0 Å². The molecule has 0 radical (unpaired) electrons. The maximum atomic E-state index is 8.75. The molecule has 0 fully saturated rings. The van der Waals surface area contributed by atoms with Gasteiger partial charge in [0.15, 0.2) is 0 Å². The first-order chi connectivity index (χ1) is 4.46. The highest BCUT2D eigenvalue weighted by Crippen LogP contribution is 2.06. The van der Waals surface area contributed by atoms with Crippen molar-refractivity contribution in [3.8, 4) is 0 Å². The summed E-state index contributed by atoms with van der Waals surface area (Å²) in [6, 6.07) is 0. The monoisotopic (exact) mass is 146 g/mol. The lowest BCUT2D eigenvalue weighted by Crippen LogP contribution is -2.28. The van der Waals surface area contributed by atoms with Gasteiger partial charge in [-0.05, 0) is 0 Å². The molecule has 4 heteroatoms. The Kier molecular flexibility index (Phi) is 2.92. The van der Waals surface area contributed by atoms with E-state index >= 15 is 0 Å². The minimum absolute atomic E-state index is 0.609. The van der Waals surface area contributed by atoms with Crippen molar-refractivity contribution >= 4 is 0 Å². The molecule has 0 spiro atoms. The molecular weight excluding hydrogens is 136 g/mol. The second-order valence-corrected chi connectivity index (χ2v) is 1.87. The molecule has 0 aromatic carbocycles. The van der Waals surface area contributed by atoms with Crippen molar-refractivity contribution in [3.05, 3.63) is 24.7 Å². The maximum absolute atomic E-state index is 8.75. The number of rotatable bonds is 3. The predicted octanol–water partition coefficient (Wildman–Crippen LogP) is -0.148. The summed E-state index contributed by atoms with van der Waals surface area (Å²) in [7, 11) is 0. The van der Waals surface area contributed by atoms with Gasteiger partial charge in [0, 0.05) is 0 Å². The summed E-state index contributed by atoms with van der Waals surface area (Å²) < 4.78 is 0. The van der Waals surface area contributed by atoms with E-state index in [1.54, 1.807) is 0 Å². The highest BCUT2D eigenvalue weighted by Gasteiger charge is 2.20. The van der Waals surface area contributed by atoms with Crippen LogP contribution in [-0.2, 0) is 0 Å². The molecule has 0 saturated heterocycles. The Morgan fingerprint density at radius 3 is 1.20 bits per heavy atom. The third-order valence-corrected chi connectivity index (χ3v) is 0.982. The summed E-state index contributed by atoms with van der Waals surface area (Å²) in [6.45, 7) is 5.90. The smallest absolute Gasteiger partial charge is 0.143 e. The van der Waals surface area contributed by atoms with Gasteiger partial charge < -0.3 is 20.4 Å². The largest absolute Gasteiger partial charge is 0.510 e. The molecular formula is C6H10O4. The van der Waals surface area contributed by atoms with Crippen molar-refractivity contribution in [2.45, 2.75) is 12.2 Å². The van der Waals surface area contributed by atoms with Crippen LogP contribution in [-0.4, -0.2) is 32.6 Å². The molecule has 0 aliphatic rings. The van der Waals surface area contributed by atoms with Crippen molar-refractivity contribution < 1.29 is 20.4 Å². The maximum Gasteiger partial charge on any atom is 0.143 e. The summed E-state index contributed by atoms with van der Waals surface area (Å²) in [6.07, 6.45) is -3.14. The molecule has 0 aromatic heterocycles. The molecule has 4 nitrogen and oxygen atoms in total. The third-order valence-electron chi connectivity index (χ3n) is 0.982. The number of hydrogen-bond donors (Lipinski definition) is 4. The topological polar surface area (TPSA) is 80.9 Å². The molecule has 10 heavy (non-hydrogen) atoms.